The van der Waals surface area contributed by atoms with E-state index in [4.69, 9.17) is 10.5 Å². The lowest BCUT2D eigenvalue weighted by Gasteiger charge is -2.22. The van der Waals surface area contributed by atoms with Gasteiger partial charge in [0.2, 0.25) is 0 Å². The van der Waals surface area contributed by atoms with Crippen LogP contribution in [-0.4, -0.2) is 17.3 Å². The first kappa shape index (κ1) is 11.4. The van der Waals surface area contributed by atoms with E-state index in [0.29, 0.717) is 12.8 Å². The van der Waals surface area contributed by atoms with Crippen LogP contribution in [0.5, 0.6) is 0 Å². The summed E-state index contributed by atoms with van der Waals surface area (Å²) in [5.74, 6) is -0.927. The molecular weight excluding hydrogens is 190 g/mol. The number of benzene rings is 1. The molecule has 0 heterocycles. The van der Waals surface area contributed by atoms with Gasteiger partial charge in [0, 0.05) is 6.21 Å². The summed E-state index contributed by atoms with van der Waals surface area (Å²) in [6.07, 6.45) is 1.85. The Balaban J connectivity index is 2.94. The monoisotopic (exact) mass is 205 g/mol. The van der Waals surface area contributed by atoms with Crippen molar-refractivity contribution in [3.05, 3.63) is 35.9 Å². The quantitative estimate of drug-likeness (QED) is 0.725. The van der Waals surface area contributed by atoms with Gasteiger partial charge in [0.05, 0.1) is 0 Å². The predicted octanol–water partition coefficient (Wildman–Crippen LogP) is 2.36. The lowest BCUT2D eigenvalue weighted by Crippen LogP contribution is -2.34. The maximum absolute atomic E-state index is 11.1. The fraction of sp³-hybridized carbons (Fsp3) is 0.333. The molecule has 15 heavy (non-hydrogen) atoms. The molecular formula is C12H15NO2. The molecule has 1 atom stereocenters. The minimum Gasteiger partial charge on any atom is -0.481 e. The number of carboxylic acid groups (broad SMARTS) is 1. The molecule has 80 valence electrons. The van der Waals surface area contributed by atoms with Crippen molar-refractivity contribution in [2.24, 2.45) is 5.41 Å². The zero-order chi connectivity index (χ0) is 11.3. The summed E-state index contributed by atoms with van der Waals surface area (Å²) < 4.78 is 0. The van der Waals surface area contributed by atoms with Gasteiger partial charge >= 0.3 is 5.97 Å². The van der Waals surface area contributed by atoms with Crippen molar-refractivity contribution in [3.8, 4) is 0 Å². The minimum atomic E-state index is -1.05. The normalized spacial score (nSPS) is 14.2. The van der Waals surface area contributed by atoms with E-state index in [1.165, 1.54) is 0 Å². The number of hydrogen-bond donors (Lipinski definition) is 2. The molecule has 2 N–H and O–H groups in total. The second-order valence-corrected chi connectivity index (χ2v) is 3.62. The van der Waals surface area contributed by atoms with E-state index < -0.39 is 11.4 Å². The number of aliphatic carboxylic acids is 1. The molecule has 0 fully saturated rings. The van der Waals surface area contributed by atoms with Gasteiger partial charge in [-0.05, 0) is 18.4 Å². The van der Waals surface area contributed by atoms with Crippen LogP contribution in [0.25, 0.3) is 0 Å². The van der Waals surface area contributed by atoms with E-state index in [-0.39, 0.29) is 0 Å². The third-order valence-corrected chi connectivity index (χ3v) is 2.70. The summed E-state index contributed by atoms with van der Waals surface area (Å²) in [4.78, 5) is 11.1. The van der Waals surface area contributed by atoms with Crippen LogP contribution in [0.2, 0.25) is 0 Å². The van der Waals surface area contributed by atoms with Crippen LogP contribution >= 0.6 is 0 Å². The predicted molar refractivity (Wildman–Crippen MR) is 59.3 cm³/mol. The molecule has 0 bridgehead atoms. The molecule has 0 spiro atoms. The lowest BCUT2D eigenvalue weighted by atomic mass is 9.80. The highest BCUT2D eigenvalue weighted by Crippen LogP contribution is 2.25. The van der Waals surface area contributed by atoms with E-state index in [1.54, 1.807) is 6.92 Å². The number of rotatable bonds is 5. The van der Waals surface area contributed by atoms with Crippen LogP contribution in [0.3, 0.4) is 0 Å². The topological polar surface area (TPSA) is 61.2 Å². The molecule has 0 aliphatic heterocycles. The summed E-state index contributed by atoms with van der Waals surface area (Å²) in [6.45, 7) is 1.79. The van der Waals surface area contributed by atoms with Gasteiger partial charge in [0.25, 0.3) is 0 Å². The van der Waals surface area contributed by atoms with Crippen LogP contribution < -0.4 is 0 Å². The van der Waals surface area contributed by atoms with Crippen molar-refractivity contribution in [1.82, 2.24) is 0 Å². The molecule has 3 heteroatoms. The molecule has 1 aromatic carbocycles. The van der Waals surface area contributed by atoms with Crippen molar-refractivity contribution in [2.45, 2.75) is 19.8 Å². The molecule has 0 aromatic heterocycles. The molecule has 0 unspecified atom stereocenters. The largest absolute Gasteiger partial charge is 0.481 e. The Morgan fingerprint density at radius 3 is 2.47 bits per heavy atom. The van der Waals surface area contributed by atoms with Gasteiger partial charge in [-0.25, -0.2) is 0 Å². The van der Waals surface area contributed by atoms with Crippen molar-refractivity contribution in [3.63, 3.8) is 0 Å². The molecule has 0 saturated carbocycles. The number of carboxylic acids is 1. The van der Waals surface area contributed by atoms with Gasteiger partial charge < -0.3 is 10.5 Å². The highest BCUT2D eigenvalue weighted by atomic mass is 16.4. The third kappa shape index (κ3) is 2.43. The van der Waals surface area contributed by atoms with E-state index in [1.807, 2.05) is 30.3 Å². The van der Waals surface area contributed by atoms with Crippen LogP contribution in [0.4, 0.5) is 0 Å². The zero-order valence-corrected chi connectivity index (χ0v) is 8.73. The zero-order valence-electron chi connectivity index (χ0n) is 8.73. The highest BCUT2D eigenvalue weighted by Gasteiger charge is 2.34. The van der Waals surface area contributed by atoms with Gasteiger partial charge in [0.1, 0.15) is 5.41 Å². The van der Waals surface area contributed by atoms with E-state index >= 15 is 0 Å². The average molecular weight is 205 g/mol. The Hall–Kier alpha value is -1.64. The molecule has 0 saturated heterocycles. The van der Waals surface area contributed by atoms with Crippen LogP contribution in [0, 0.1) is 10.8 Å². The number of carbonyl (C=O) groups is 1. The van der Waals surface area contributed by atoms with Crippen LogP contribution in [0.1, 0.15) is 18.9 Å². The Morgan fingerprint density at radius 1 is 1.47 bits per heavy atom. The van der Waals surface area contributed by atoms with Crippen LogP contribution in [0.15, 0.2) is 30.3 Å². The van der Waals surface area contributed by atoms with Crippen LogP contribution in [-0.2, 0) is 11.2 Å². The summed E-state index contributed by atoms with van der Waals surface area (Å²) >= 11 is 0. The van der Waals surface area contributed by atoms with Crippen molar-refractivity contribution < 1.29 is 9.90 Å². The third-order valence-electron chi connectivity index (χ3n) is 2.70. The van der Waals surface area contributed by atoms with Gasteiger partial charge in [-0.2, -0.15) is 0 Å². The van der Waals surface area contributed by atoms with Gasteiger partial charge in [-0.3, -0.25) is 4.79 Å². The Morgan fingerprint density at radius 2 is 2.07 bits per heavy atom. The summed E-state index contributed by atoms with van der Waals surface area (Å²) in [6, 6.07) is 9.42. The summed E-state index contributed by atoms with van der Waals surface area (Å²) in [7, 11) is 0. The first-order valence-electron chi connectivity index (χ1n) is 4.93. The van der Waals surface area contributed by atoms with E-state index in [9.17, 15) is 4.79 Å². The van der Waals surface area contributed by atoms with Gasteiger partial charge in [-0.15, -0.1) is 0 Å². The van der Waals surface area contributed by atoms with Gasteiger partial charge in [0.15, 0.2) is 0 Å². The maximum atomic E-state index is 11.1. The lowest BCUT2D eigenvalue weighted by molar-refractivity contribution is -0.144. The average Bonchev–Trinajstić information content (AvgIpc) is 2.27. The minimum absolute atomic E-state index is 0.378. The highest BCUT2D eigenvalue weighted by molar-refractivity contribution is 5.93. The smallest absolute Gasteiger partial charge is 0.315 e. The Bertz CT molecular complexity index is 348. The van der Waals surface area contributed by atoms with E-state index in [2.05, 4.69) is 0 Å². The molecule has 0 amide bonds. The summed E-state index contributed by atoms with van der Waals surface area (Å²) in [5.41, 5.74) is -0.105. The van der Waals surface area contributed by atoms with Gasteiger partial charge in [-0.1, -0.05) is 37.3 Å². The second-order valence-electron chi connectivity index (χ2n) is 3.62. The van der Waals surface area contributed by atoms with Crippen molar-refractivity contribution in [2.75, 3.05) is 0 Å². The SMILES string of the molecule is CC[C@](C=N)(Cc1ccccc1)C(=O)O. The first-order chi connectivity index (χ1) is 7.14. The Kier molecular flexibility index (Phi) is 3.61. The summed E-state index contributed by atoms with van der Waals surface area (Å²) in [5, 5.41) is 16.4. The molecule has 0 aliphatic rings. The Labute approximate surface area is 89.3 Å². The second kappa shape index (κ2) is 4.73. The number of hydrogen-bond acceptors (Lipinski definition) is 2. The number of nitrogens with one attached hydrogen (secondary N) is 1. The standard InChI is InChI=1S/C12H15NO2/c1-2-12(9-13,11(14)15)8-10-6-4-3-5-7-10/h3-7,9,13H,2,8H2,1H3,(H,14,15)/t12-/m1/s1. The van der Waals surface area contributed by atoms with Crippen molar-refractivity contribution >= 4 is 12.2 Å². The van der Waals surface area contributed by atoms with Crippen molar-refractivity contribution in [1.29, 1.82) is 5.41 Å². The molecule has 0 aliphatic carbocycles. The first-order valence-corrected chi connectivity index (χ1v) is 4.93. The fourth-order valence-electron chi connectivity index (χ4n) is 1.53. The fourth-order valence-corrected chi connectivity index (χ4v) is 1.53. The molecule has 3 nitrogen and oxygen atoms in total. The maximum Gasteiger partial charge on any atom is 0.315 e. The molecule has 1 aromatic rings. The molecule has 0 radical (unpaired) electrons. The van der Waals surface area contributed by atoms with E-state index in [0.717, 1.165) is 11.8 Å². The molecule has 1 rings (SSSR count).